The second kappa shape index (κ2) is 7.21. The summed E-state index contributed by atoms with van der Waals surface area (Å²) in [6.45, 7) is 3.41. The zero-order chi connectivity index (χ0) is 17.2. The SMILES string of the molecule is Fc1ccc2c(c1)nnn2C1CCN(C(=S)NC[C@@H]2CCCO2)CC1. The van der Waals surface area contributed by atoms with Gasteiger partial charge in [-0.2, -0.15) is 0 Å². The van der Waals surface area contributed by atoms with E-state index in [1.165, 1.54) is 12.1 Å². The van der Waals surface area contributed by atoms with E-state index in [1.807, 2.05) is 4.68 Å². The first-order valence-electron chi connectivity index (χ1n) is 8.85. The van der Waals surface area contributed by atoms with E-state index in [0.717, 1.165) is 62.6 Å². The summed E-state index contributed by atoms with van der Waals surface area (Å²) in [5.74, 6) is -0.281. The highest BCUT2D eigenvalue weighted by Gasteiger charge is 2.25. The second-order valence-corrected chi connectivity index (χ2v) is 7.09. The lowest BCUT2D eigenvalue weighted by molar-refractivity contribution is 0.113. The van der Waals surface area contributed by atoms with Crippen LogP contribution in [0.25, 0.3) is 11.0 Å². The van der Waals surface area contributed by atoms with Gasteiger partial charge in [-0.3, -0.25) is 0 Å². The molecule has 1 aromatic heterocycles. The molecule has 0 spiro atoms. The highest BCUT2D eigenvalue weighted by atomic mass is 32.1. The quantitative estimate of drug-likeness (QED) is 0.845. The Balaban J connectivity index is 1.33. The van der Waals surface area contributed by atoms with Gasteiger partial charge in [0, 0.05) is 32.3 Å². The monoisotopic (exact) mass is 363 g/mol. The number of benzene rings is 1. The predicted octanol–water partition coefficient (Wildman–Crippen LogP) is 2.26. The Labute approximate surface area is 151 Å². The molecular formula is C17H22FN5OS. The van der Waals surface area contributed by atoms with Crippen LogP contribution >= 0.6 is 12.2 Å². The number of ether oxygens (including phenoxy) is 1. The van der Waals surface area contributed by atoms with E-state index in [1.54, 1.807) is 6.07 Å². The van der Waals surface area contributed by atoms with E-state index in [9.17, 15) is 4.39 Å². The Morgan fingerprint density at radius 2 is 2.16 bits per heavy atom. The lowest BCUT2D eigenvalue weighted by Crippen LogP contribution is -2.46. The highest BCUT2D eigenvalue weighted by molar-refractivity contribution is 7.80. The normalized spacial score (nSPS) is 21.8. The molecule has 1 aromatic carbocycles. The van der Waals surface area contributed by atoms with Crippen LogP contribution in [0.3, 0.4) is 0 Å². The third-order valence-electron chi connectivity index (χ3n) is 5.04. The maximum atomic E-state index is 13.3. The van der Waals surface area contributed by atoms with Gasteiger partial charge in [-0.25, -0.2) is 9.07 Å². The molecule has 0 aliphatic carbocycles. The number of nitrogens with zero attached hydrogens (tertiary/aromatic N) is 4. The zero-order valence-electron chi connectivity index (χ0n) is 14.0. The molecule has 2 saturated heterocycles. The minimum atomic E-state index is -0.281. The van der Waals surface area contributed by atoms with Gasteiger partial charge in [0.2, 0.25) is 0 Å². The van der Waals surface area contributed by atoms with E-state index in [0.29, 0.717) is 5.52 Å². The summed E-state index contributed by atoms with van der Waals surface area (Å²) >= 11 is 5.52. The van der Waals surface area contributed by atoms with Crippen molar-refractivity contribution in [1.29, 1.82) is 0 Å². The van der Waals surface area contributed by atoms with Crippen LogP contribution in [0.1, 0.15) is 31.7 Å². The molecular weight excluding hydrogens is 341 g/mol. The van der Waals surface area contributed by atoms with Crippen molar-refractivity contribution in [3.05, 3.63) is 24.0 Å². The van der Waals surface area contributed by atoms with Crippen LogP contribution in [0.4, 0.5) is 4.39 Å². The molecule has 2 aromatic rings. The van der Waals surface area contributed by atoms with Crippen LogP contribution in [0.2, 0.25) is 0 Å². The number of piperidine rings is 1. The first-order chi connectivity index (χ1) is 12.2. The molecule has 0 unspecified atom stereocenters. The Morgan fingerprint density at radius 1 is 1.32 bits per heavy atom. The molecule has 1 N–H and O–H groups in total. The fourth-order valence-electron chi connectivity index (χ4n) is 3.62. The molecule has 0 amide bonds. The van der Waals surface area contributed by atoms with E-state index in [4.69, 9.17) is 17.0 Å². The number of hydrogen-bond acceptors (Lipinski definition) is 4. The van der Waals surface area contributed by atoms with Gasteiger partial charge in [0.1, 0.15) is 11.3 Å². The number of halogens is 1. The predicted molar refractivity (Wildman–Crippen MR) is 96.9 cm³/mol. The molecule has 134 valence electrons. The number of nitrogens with one attached hydrogen (secondary N) is 1. The Bertz CT molecular complexity index is 753. The van der Waals surface area contributed by atoms with Crippen LogP contribution in [-0.4, -0.2) is 57.4 Å². The molecule has 8 heteroatoms. The fourth-order valence-corrected chi connectivity index (χ4v) is 3.88. The number of hydrogen-bond donors (Lipinski definition) is 1. The lowest BCUT2D eigenvalue weighted by atomic mass is 10.1. The van der Waals surface area contributed by atoms with Crippen molar-refractivity contribution in [3.63, 3.8) is 0 Å². The van der Waals surface area contributed by atoms with E-state index >= 15 is 0 Å². The molecule has 0 radical (unpaired) electrons. The van der Waals surface area contributed by atoms with Gasteiger partial charge in [-0.15, -0.1) is 5.10 Å². The largest absolute Gasteiger partial charge is 0.376 e. The third kappa shape index (κ3) is 3.59. The summed E-state index contributed by atoms with van der Waals surface area (Å²) < 4.78 is 20.8. The number of likely N-dealkylation sites (tertiary alicyclic amines) is 1. The summed E-state index contributed by atoms with van der Waals surface area (Å²) in [6.07, 6.45) is 4.42. The molecule has 1 atom stereocenters. The smallest absolute Gasteiger partial charge is 0.169 e. The maximum Gasteiger partial charge on any atom is 0.169 e. The molecule has 0 saturated carbocycles. The molecule has 6 nitrogen and oxygen atoms in total. The Hall–Kier alpha value is -1.80. The fraction of sp³-hybridized carbons (Fsp3) is 0.588. The van der Waals surface area contributed by atoms with Crippen molar-refractivity contribution in [1.82, 2.24) is 25.2 Å². The van der Waals surface area contributed by atoms with Crippen LogP contribution in [0.5, 0.6) is 0 Å². The molecule has 2 fully saturated rings. The lowest BCUT2D eigenvalue weighted by Gasteiger charge is -2.34. The zero-order valence-corrected chi connectivity index (χ0v) is 14.8. The Kier molecular flexibility index (Phi) is 4.80. The van der Waals surface area contributed by atoms with Gasteiger partial charge in [-0.05, 0) is 50.0 Å². The van der Waals surface area contributed by atoms with Crippen LogP contribution in [0.15, 0.2) is 18.2 Å². The number of fused-ring (bicyclic) bond motifs is 1. The minimum absolute atomic E-state index is 0.271. The maximum absolute atomic E-state index is 13.3. The number of thiocarbonyl (C=S) groups is 1. The molecule has 4 rings (SSSR count). The highest BCUT2D eigenvalue weighted by Crippen LogP contribution is 2.25. The van der Waals surface area contributed by atoms with Crippen molar-refractivity contribution in [2.24, 2.45) is 0 Å². The van der Waals surface area contributed by atoms with Gasteiger partial charge in [-0.1, -0.05) is 5.21 Å². The number of rotatable bonds is 3. The van der Waals surface area contributed by atoms with Crippen molar-refractivity contribution >= 4 is 28.4 Å². The van der Waals surface area contributed by atoms with Crippen LogP contribution in [-0.2, 0) is 4.74 Å². The molecule has 2 aliphatic rings. The average Bonchev–Trinajstić information content (AvgIpc) is 3.29. The molecule has 25 heavy (non-hydrogen) atoms. The first kappa shape index (κ1) is 16.7. The van der Waals surface area contributed by atoms with Gasteiger partial charge in [0.15, 0.2) is 5.11 Å². The minimum Gasteiger partial charge on any atom is -0.376 e. The summed E-state index contributed by atoms with van der Waals surface area (Å²) in [5.41, 5.74) is 1.50. The van der Waals surface area contributed by atoms with Crippen LogP contribution < -0.4 is 5.32 Å². The Morgan fingerprint density at radius 3 is 2.92 bits per heavy atom. The van der Waals surface area contributed by atoms with Crippen LogP contribution in [0, 0.1) is 5.82 Å². The van der Waals surface area contributed by atoms with Gasteiger partial charge in [0.25, 0.3) is 0 Å². The summed E-state index contributed by atoms with van der Waals surface area (Å²) in [4.78, 5) is 2.21. The van der Waals surface area contributed by atoms with E-state index < -0.39 is 0 Å². The molecule has 3 heterocycles. The summed E-state index contributed by atoms with van der Waals surface area (Å²) in [6, 6.07) is 4.91. The third-order valence-corrected chi connectivity index (χ3v) is 5.44. The van der Waals surface area contributed by atoms with Gasteiger partial charge < -0.3 is 15.0 Å². The van der Waals surface area contributed by atoms with Crippen molar-refractivity contribution in [2.45, 2.75) is 37.8 Å². The molecule has 0 bridgehead atoms. The standard InChI is InChI=1S/C17H22FN5OS/c18-12-3-4-16-15(10-12)20-21-23(16)13-5-7-22(8-6-13)17(25)19-11-14-2-1-9-24-14/h3-4,10,13-14H,1-2,5-9,11H2,(H,19,25)/t14-/m0/s1. The van der Waals surface area contributed by atoms with E-state index in [-0.39, 0.29) is 18.0 Å². The van der Waals surface area contributed by atoms with Gasteiger partial charge >= 0.3 is 0 Å². The van der Waals surface area contributed by atoms with Gasteiger partial charge in [0.05, 0.1) is 17.7 Å². The van der Waals surface area contributed by atoms with Crippen molar-refractivity contribution in [2.75, 3.05) is 26.2 Å². The van der Waals surface area contributed by atoms with Crippen molar-refractivity contribution < 1.29 is 9.13 Å². The summed E-state index contributed by atoms with van der Waals surface area (Å²) in [7, 11) is 0. The molecule has 2 aliphatic heterocycles. The average molecular weight is 363 g/mol. The van der Waals surface area contributed by atoms with E-state index in [2.05, 4.69) is 20.5 Å². The summed E-state index contributed by atoms with van der Waals surface area (Å²) in [5, 5.41) is 12.5. The topological polar surface area (TPSA) is 55.2 Å². The first-order valence-corrected chi connectivity index (χ1v) is 9.26. The number of aromatic nitrogens is 3. The second-order valence-electron chi connectivity index (χ2n) is 6.71. The van der Waals surface area contributed by atoms with Crippen molar-refractivity contribution in [3.8, 4) is 0 Å².